The number of primary amides is 1. The molecule has 6 nitrogen and oxygen atoms in total. The minimum Gasteiger partial charge on any atom is -0.432 e. The van der Waals surface area contributed by atoms with Crippen molar-refractivity contribution >= 4 is 12.0 Å². The number of ether oxygens (including phenoxy) is 1. The standard InChI is InChI=1S/C8H15N3O3/c1-10-6(12)8(14-7(9)13)3-2-4-11-5-8/h11H,2-5H2,1H3,(H2,9,13)(H,10,12). The molecule has 0 bridgehead atoms. The summed E-state index contributed by atoms with van der Waals surface area (Å²) in [4.78, 5) is 22.2. The lowest BCUT2D eigenvalue weighted by atomic mass is 9.93. The van der Waals surface area contributed by atoms with Crippen LogP contribution in [0.1, 0.15) is 12.8 Å². The first-order valence-electron chi connectivity index (χ1n) is 4.52. The van der Waals surface area contributed by atoms with E-state index in [0.717, 1.165) is 13.0 Å². The predicted octanol–water partition coefficient (Wildman–Crippen LogP) is -1.05. The van der Waals surface area contributed by atoms with Crippen LogP contribution in [0.2, 0.25) is 0 Å². The summed E-state index contributed by atoms with van der Waals surface area (Å²) < 4.78 is 4.90. The molecular formula is C8H15N3O3. The number of likely N-dealkylation sites (N-methyl/N-ethyl adjacent to an activating group) is 1. The Bertz CT molecular complexity index is 236. The molecule has 1 heterocycles. The maximum Gasteiger partial charge on any atom is 0.405 e. The molecule has 0 aromatic carbocycles. The summed E-state index contributed by atoms with van der Waals surface area (Å²) in [5.41, 5.74) is 3.81. The van der Waals surface area contributed by atoms with Gasteiger partial charge in [-0.05, 0) is 19.4 Å². The van der Waals surface area contributed by atoms with Crippen molar-refractivity contribution in [3.05, 3.63) is 0 Å². The highest BCUT2D eigenvalue weighted by molar-refractivity contribution is 5.87. The number of hydrogen-bond donors (Lipinski definition) is 3. The van der Waals surface area contributed by atoms with E-state index in [0.29, 0.717) is 13.0 Å². The molecule has 1 fully saturated rings. The topological polar surface area (TPSA) is 93.4 Å². The third-order valence-corrected chi connectivity index (χ3v) is 2.28. The van der Waals surface area contributed by atoms with Gasteiger partial charge in [-0.1, -0.05) is 0 Å². The first-order chi connectivity index (χ1) is 6.60. The van der Waals surface area contributed by atoms with E-state index in [-0.39, 0.29) is 5.91 Å². The summed E-state index contributed by atoms with van der Waals surface area (Å²) >= 11 is 0. The highest BCUT2D eigenvalue weighted by Crippen LogP contribution is 2.21. The van der Waals surface area contributed by atoms with Crippen molar-refractivity contribution in [2.45, 2.75) is 18.4 Å². The number of rotatable bonds is 2. The third kappa shape index (κ3) is 2.14. The minimum absolute atomic E-state index is 0.315. The summed E-state index contributed by atoms with van der Waals surface area (Å²) in [5, 5.41) is 5.47. The number of hydrogen-bond acceptors (Lipinski definition) is 4. The smallest absolute Gasteiger partial charge is 0.405 e. The van der Waals surface area contributed by atoms with Crippen molar-refractivity contribution in [3.8, 4) is 0 Å². The van der Waals surface area contributed by atoms with Gasteiger partial charge in [0.1, 0.15) is 0 Å². The molecule has 14 heavy (non-hydrogen) atoms. The van der Waals surface area contributed by atoms with Gasteiger partial charge in [0.05, 0.1) is 0 Å². The molecule has 80 valence electrons. The Morgan fingerprint density at radius 3 is 2.71 bits per heavy atom. The zero-order chi connectivity index (χ0) is 10.6. The SMILES string of the molecule is CNC(=O)C1(OC(N)=O)CCCNC1. The van der Waals surface area contributed by atoms with Crippen LogP contribution in [0.4, 0.5) is 4.79 Å². The number of nitrogens with one attached hydrogen (secondary N) is 2. The van der Waals surface area contributed by atoms with E-state index < -0.39 is 11.7 Å². The van der Waals surface area contributed by atoms with Gasteiger partial charge in [0.15, 0.2) is 0 Å². The normalized spacial score (nSPS) is 26.6. The van der Waals surface area contributed by atoms with E-state index in [4.69, 9.17) is 10.5 Å². The Kier molecular flexibility index (Phi) is 3.29. The van der Waals surface area contributed by atoms with Gasteiger partial charge < -0.3 is 21.1 Å². The van der Waals surface area contributed by atoms with Gasteiger partial charge in [0.2, 0.25) is 5.60 Å². The first kappa shape index (κ1) is 10.8. The van der Waals surface area contributed by atoms with Crippen LogP contribution in [0, 0.1) is 0 Å². The highest BCUT2D eigenvalue weighted by atomic mass is 16.6. The van der Waals surface area contributed by atoms with Crippen LogP contribution in [0.15, 0.2) is 0 Å². The van der Waals surface area contributed by atoms with Crippen molar-refractivity contribution in [1.82, 2.24) is 10.6 Å². The van der Waals surface area contributed by atoms with Crippen molar-refractivity contribution in [1.29, 1.82) is 0 Å². The lowest BCUT2D eigenvalue weighted by molar-refractivity contribution is -0.141. The zero-order valence-corrected chi connectivity index (χ0v) is 8.13. The molecule has 1 atom stereocenters. The fourth-order valence-electron chi connectivity index (χ4n) is 1.63. The van der Waals surface area contributed by atoms with Crippen molar-refractivity contribution in [2.75, 3.05) is 20.1 Å². The largest absolute Gasteiger partial charge is 0.432 e. The average Bonchev–Trinajstić information content (AvgIpc) is 2.17. The van der Waals surface area contributed by atoms with E-state index in [1.54, 1.807) is 0 Å². The fourth-order valence-corrected chi connectivity index (χ4v) is 1.63. The van der Waals surface area contributed by atoms with Gasteiger partial charge in [-0.25, -0.2) is 4.79 Å². The van der Waals surface area contributed by atoms with Crippen molar-refractivity contribution in [3.63, 3.8) is 0 Å². The Hall–Kier alpha value is -1.30. The molecule has 1 rings (SSSR count). The van der Waals surface area contributed by atoms with Crippen LogP contribution in [0.25, 0.3) is 0 Å². The Labute approximate surface area is 82.2 Å². The number of piperidine rings is 1. The van der Waals surface area contributed by atoms with E-state index in [1.165, 1.54) is 7.05 Å². The van der Waals surface area contributed by atoms with Gasteiger partial charge in [0, 0.05) is 13.6 Å². The molecule has 1 saturated heterocycles. The van der Waals surface area contributed by atoms with E-state index in [1.807, 2.05) is 0 Å². The second-order valence-electron chi connectivity index (χ2n) is 3.27. The molecule has 0 radical (unpaired) electrons. The Morgan fingerprint density at radius 2 is 2.29 bits per heavy atom. The van der Waals surface area contributed by atoms with E-state index in [2.05, 4.69) is 10.6 Å². The second-order valence-corrected chi connectivity index (χ2v) is 3.27. The molecule has 4 N–H and O–H groups in total. The maximum atomic E-state index is 11.5. The summed E-state index contributed by atoms with van der Waals surface area (Å²) in [6.07, 6.45) is 0.362. The van der Waals surface area contributed by atoms with Crippen LogP contribution < -0.4 is 16.4 Å². The minimum atomic E-state index is -1.13. The maximum absolute atomic E-state index is 11.5. The van der Waals surface area contributed by atoms with Crippen LogP contribution in [-0.4, -0.2) is 37.7 Å². The van der Waals surface area contributed by atoms with E-state index >= 15 is 0 Å². The fraction of sp³-hybridized carbons (Fsp3) is 0.750. The highest BCUT2D eigenvalue weighted by Gasteiger charge is 2.42. The number of nitrogens with two attached hydrogens (primary N) is 1. The quantitative estimate of drug-likeness (QED) is 0.531. The molecular weight excluding hydrogens is 186 g/mol. The summed E-state index contributed by atoms with van der Waals surface area (Å²) in [7, 11) is 1.50. The molecule has 0 saturated carbocycles. The van der Waals surface area contributed by atoms with Crippen molar-refractivity contribution < 1.29 is 14.3 Å². The Balaban J connectivity index is 2.76. The predicted molar refractivity (Wildman–Crippen MR) is 49.6 cm³/mol. The molecule has 1 unspecified atom stereocenters. The lowest BCUT2D eigenvalue weighted by Gasteiger charge is -2.34. The molecule has 0 spiro atoms. The van der Waals surface area contributed by atoms with Gasteiger partial charge >= 0.3 is 6.09 Å². The molecule has 6 heteroatoms. The van der Waals surface area contributed by atoms with Crippen LogP contribution >= 0.6 is 0 Å². The van der Waals surface area contributed by atoms with Crippen LogP contribution in [0.3, 0.4) is 0 Å². The van der Waals surface area contributed by atoms with Crippen LogP contribution in [-0.2, 0) is 9.53 Å². The van der Waals surface area contributed by atoms with Crippen molar-refractivity contribution in [2.24, 2.45) is 5.73 Å². The summed E-state index contributed by atoms with van der Waals surface area (Å²) in [6.45, 7) is 1.14. The van der Waals surface area contributed by atoms with Crippen LogP contribution in [0.5, 0.6) is 0 Å². The summed E-state index contributed by atoms with van der Waals surface area (Å²) in [5.74, 6) is -0.316. The summed E-state index contributed by atoms with van der Waals surface area (Å²) in [6, 6.07) is 0. The Morgan fingerprint density at radius 1 is 1.57 bits per heavy atom. The number of amides is 2. The number of carbonyl (C=O) groups excluding carboxylic acids is 2. The molecule has 2 amide bonds. The van der Waals surface area contributed by atoms with Gasteiger partial charge in [0.25, 0.3) is 5.91 Å². The van der Waals surface area contributed by atoms with Gasteiger partial charge in [-0.15, -0.1) is 0 Å². The molecule has 0 aromatic heterocycles. The number of carbonyl (C=O) groups is 2. The van der Waals surface area contributed by atoms with Gasteiger partial charge in [-0.2, -0.15) is 0 Å². The van der Waals surface area contributed by atoms with Gasteiger partial charge in [-0.3, -0.25) is 4.79 Å². The molecule has 1 aliphatic rings. The second kappa shape index (κ2) is 4.28. The zero-order valence-electron chi connectivity index (χ0n) is 8.13. The molecule has 0 aromatic rings. The first-order valence-corrected chi connectivity index (χ1v) is 4.52. The monoisotopic (exact) mass is 201 g/mol. The van der Waals surface area contributed by atoms with E-state index in [9.17, 15) is 9.59 Å². The molecule has 0 aliphatic carbocycles. The average molecular weight is 201 g/mol. The molecule has 1 aliphatic heterocycles. The lowest BCUT2D eigenvalue weighted by Crippen LogP contribution is -2.58. The third-order valence-electron chi connectivity index (χ3n) is 2.28.